The van der Waals surface area contributed by atoms with E-state index in [1.807, 2.05) is 0 Å². The van der Waals surface area contributed by atoms with Crippen molar-refractivity contribution in [2.24, 2.45) is 5.92 Å². The van der Waals surface area contributed by atoms with Crippen LogP contribution in [0, 0.1) is 16.0 Å². The molecule has 0 heterocycles. The fraction of sp³-hybridized carbons (Fsp3) is 0.667. The van der Waals surface area contributed by atoms with Crippen molar-refractivity contribution in [3.8, 4) is 0 Å². The number of rotatable bonds is 3. The largest absolute Gasteiger partial charge is 0.466 e. The quantitative estimate of drug-likeness (QED) is 0.313. The first-order chi connectivity index (χ1) is 7.07. The smallest absolute Gasteiger partial charge is 0.316 e. The van der Waals surface area contributed by atoms with E-state index in [1.54, 1.807) is 13.0 Å². The molecular weight excluding hydrogens is 202 g/mol. The Morgan fingerprint density at radius 1 is 1.73 bits per heavy atom. The highest BCUT2D eigenvalue weighted by atomic mass is 16.6. The van der Waals surface area contributed by atoms with Crippen molar-refractivity contribution in [3.63, 3.8) is 0 Å². The third-order valence-electron chi connectivity index (χ3n) is 2.32. The van der Waals surface area contributed by atoms with Crippen LogP contribution in [0.25, 0.3) is 0 Å². The second-order valence-electron chi connectivity index (χ2n) is 3.29. The third kappa shape index (κ3) is 2.53. The zero-order valence-corrected chi connectivity index (χ0v) is 8.33. The van der Waals surface area contributed by atoms with E-state index in [0.29, 0.717) is 0 Å². The van der Waals surface area contributed by atoms with Crippen molar-refractivity contribution in [1.82, 2.24) is 0 Å². The van der Waals surface area contributed by atoms with Gasteiger partial charge in [-0.05, 0) is 13.3 Å². The second-order valence-corrected chi connectivity index (χ2v) is 3.29. The molecule has 0 fully saturated rings. The summed E-state index contributed by atoms with van der Waals surface area (Å²) in [4.78, 5) is 21.4. The molecule has 0 amide bonds. The topological polar surface area (TPSA) is 89.7 Å². The standard InChI is InChI=1S/C9H13NO5/c1-2-15-9(12)6-4-3-5-7(11)8(6)10(13)14/h3,5-8,11H,2,4H2,1H3/t6-,7-,8+/m1/s1. The number of allylic oxidation sites excluding steroid dienone is 1. The monoisotopic (exact) mass is 215 g/mol. The van der Waals surface area contributed by atoms with E-state index in [2.05, 4.69) is 0 Å². The van der Waals surface area contributed by atoms with Gasteiger partial charge in [-0.3, -0.25) is 14.9 Å². The lowest BCUT2D eigenvalue weighted by atomic mass is 9.87. The van der Waals surface area contributed by atoms with Gasteiger partial charge in [0.2, 0.25) is 0 Å². The highest BCUT2D eigenvalue weighted by Crippen LogP contribution is 2.23. The lowest BCUT2D eigenvalue weighted by Crippen LogP contribution is -2.45. The van der Waals surface area contributed by atoms with E-state index >= 15 is 0 Å². The number of ether oxygens (including phenoxy) is 1. The maximum absolute atomic E-state index is 11.4. The number of hydrogen-bond donors (Lipinski definition) is 1. The van der Waals surface area contributed by atoms with Gasteiger partial charge in [-0.1, -0.05) is 12.2 Å². The van der Waals surface area contributed by atoms with Gasteiger partial charge in [-0.25, -0.2) is 0 Å². The van der Waals surface area contributed by atoms with Gasteiger partial charge in [0.15, 0.2) is 0 Å². The minimum atomic E-state index is -1.30. The summed E-state index contributed by atoms with van der Waals surface area (Å²) in [6, 6.07) is -1.30. The number of nitrogens with zero attached hydrogens (tertiary/aromatic N) is 1. The van der Waals surface area contributed by atoms with Crippen LogP contribution >= 0.6 is 0 Å². The van der Waals surface area contributed by atoms with Gasteiger partial charge in [0.1, 0.15) is 12.0 Å². The van der Waals surface area contributed by atoms with Crippen molar-refractivity contribution < 1.29 is 19.6 Å². The molecule has 0 aliphatic heterocycles. The van der Waals surface area contributed by atoms with Crippen molar-refractivity contribution in [3.05, 3.63) is 22.3 Å². The zero-order chi connectivity index (χ0) is 11.4. The summed E-state index contributed by atoms with van der Waals surface area (Å²) in [6.45, 7) is 1.81. The van der Waals surface area contributed by atoms with E-state index in [9.17, 15) is 20.0 Å². The summed E-state index contributed by atoms with van der Waals surface area (Å²) in [5.74, 6) is -1.51. The van der Waals surface area contributed by atoms with Crippen LogP contribution in [-0.2, 0) is 9.53 Å². The molecule has 84 valence electrons. The summed E-state index contributed by atoms with van der Waals surface area (Å²) in [7, 11) is 0. The molecule has 6 nitrogen and oxygen atoms in total. The Labute approximate surface area is 86.7 Å². The Morgan fingerprint density at radius 2 is 2.40 bits per heavy atom. The number of aliphatic hydroxyl groups is 1. The van der Waals surface area contributed by atoms with E-state index in [1.165, 1.54) is 6.08 Å². The highest BCUT2D eigenvalue weighted by molar-refractivity contribution is 5.73. The molecule has 3 atom stereocenters. The van der Waals surface area contributed by atoms with E-state index in [0.717, 1.165) is 0 Å². The first-order valence-electron chi connectivity index (χ1n) is 4.72. The molecule has 0 saturated carbocycles. The normalized spacial score (nSPS) is 29.9. The summed E-state index contributed by atoms with van der Waals surface area (Å²) < 4.78 is 4.72. The lowest BCUT2D eigenvalue weighted by Gasteiger charge is -2.23. The number of carbonyl (C=O) groups excluding carboxylic acids is 1. The average Bonchev–Trinajstić information content (AvgIpc) is 2.17. The summed E-state index contributed by atoms with van der Waals surface area (Å²) in [6.07, 6.45) is 1.92. The minimum Gasteiger partial charge on any atom is -0.466 e. The fourth-order valence-electron chi connectivity index (χ4n) is 1.61. The van der Waals surface area contributed by atoms with Crippen LogP contribution in [0.1, 0.15) is 13.3 Å². The Bertz CT molecular complexity index is 288. The van der Waals surface area contributed by atoms with Crippen LogP contribution < -0.4 is 0 Å². The van der Waals surface area contributed by atoms with Crippen molar-refractivity contribution in [2.45, 2.75) is 25.5 Å². The summed E-state index contributed by atoms with van der Waals surface area (Å²) >= 11 is 0. The van der Waals surface area contributed by atoms with Crippen LogP contribution in [0.4, 0.5) is 0 Å². The van der Waals surface area contributed by atoms with Gasteiger partial charge in [-0.2, -0.15) is 0 Å². The zero-order valence-electron chi connectivity index (χ0n) is 8.33. The fourth-order valence-corrected chi connectivity index (χ4v) is 1.61. The molecule has 1 N–H and O–H groups in total. The predicted molar refractivity (Wildman–Crippen MR) is 50.7 cm³/mol. The first-order valence-corrected chi connectivity index (χ1v) is 4.72. The van der Waals surface area contributed by atoms with Crippen molar-refractivity contribution in [1.29, 1.82) is 0 Å². The van der Waals surface area contributed by atoms with Crippen LogP contribution in [-0.4, -0.2) is 34.8 Å². The molecule has 1 aliphatic rings. The molecule has 0 saturated heterocycles. The lowest BCUT2D eigenvalue weighted by molar-refractivity contribution is -0.539. The van der Waals surface area contributed by atoms with Gasteiger partial charge in [0.05, 0.1) is 6.61 Å². The summed E-state index contributed by atoms with van der Waals surface area (Å²) in [5, 5.41) is 20.1. The molecule has 6 heteroatoms. The molecule has 0 spiro atoms. The highest BCUT2D eigenvalue weighted by Gasteiger charge is 2.43. The molecule has 0 unspecified atom stereocenters. The van der Waals surface area contributed by atoms with Crippen LogP contribution in [0.2, 0.25) is 0 Å². The van der Waals surface area contributed by atoms with Crippen LogP contribution in [0.15, 0.2) is 12.2 Å². The Morgan fingerprint density at radius 3 is 2.93 bits per heavy atom. The van der Waals surface area contributed by atoms with Gasteiger partial charge in [-0.15, -0.1) is 0 Å². The number of nitro groups is 1. The molecule has 0 aromatic heterocycles. The van der Waals surface area contributed by atoms with E-state index in [4.69, 9.17) is 4.74 Å². The number of carbonyl (C=O) groups is 1. The predicted octanol–water partition coefficient (Wildman–Crippen LogP) is 0.132. The first kappa shape index (κ1) is 11.6. The SMILES string of the molecule is CCOC(=O)[C@@H]1CC=C[C@@H](O)[C@H]1[N+](=O)[O-]. The minimum absolute atomic E-state index is 0.180. The summed E-state index contributed by atoms with van der Waals surface area (Å²) in [5.41, 5.74) is 0. The molecule has 1 rings (SSSR count). The second kappa shape index (κ2) is 4.88. The molecular formula is C9H13NO5. The molecule has 15 heavy (non-hydrogen) atoms. The molecule has 0 bridgehead atoms. The average molecular weight is 215 g/mol. The van der Waals surface area contributed by atoms with E-state index < -0.39 is 29.0 Å². The number of esters is 1. The maximum Gasteiger partial charge on any atom is 0.316 e. The maximum atomic E-state index is 11.4. The van der Waals surface area contributed by atoms with Crippen molar-refractivity contribution in [2.75, 3.05) is 6.61 Å². The Kier molecular flexibility index (Phi) is 3.79. The molecule has 0 aromatic carbocycles. The number of hydrogen-bond acceptors (Lipinski definition) is 5. The van der Waals surface area contributed by atoms with Gasteiger partial charge in [0.25, 0.3) is 6.04 Å². The van der Waals surface area contributed by atoms with Crippen LogP contribution in [0.5, 0.6) is 0 Å². The Balaban J connectivity index is 2.81. The van der Waals surface area contributed by atoms with E-state index in [-0.39, 0.29) is 13.0 Å². The Hall–Kier alpha value is -1.43. The van der Waals surface area contributed by atoms with Crippen molar-refractivity contribution >= 4 is 5.97 Å². The van der Waals surface area contributed by atoms with Gasteiger partial charge in [0, 0.05) is 4.92 Å². The number of aliphatic hydroxyl groups excluding tert-OH is 1. The van der Waals surface area contributed by atoms with Crippen LogP contribution in [0.3, 0.4) is 0 Å². The third-order valence-corrected chi connectivity index (χ3v) is 2.32. The van der Waals surface area contributed by atoms with Gasteiger partial charge >= 0.3 is 5.97 Å². The molecule has 1 aliphatic carbocycles. The molecule has 0 radical (unpaired) electrons. The molecule has 0 aromatic rings. The van der Waals surface area contributed by atoms with Gasteiger partial charge < -0.3 is 9.84 Å².